The van der Waals surface area contributed by atoms with E-state index in [0.717, 1.165) is 23.3 Å². The van der Waals surface area contributed by atoms with E-state index in [4.69, 9.17) is 24.7 Å². The van der Waals surface area contributed by atoms with Gasteiger partial charge in [-0.3, -0.25) is 4.79 Å². The zero-order valence-corrected chi connectivity index (χ0v) is 24.7. The fraction of sp³-hybridized carbons (Fsp3) is 0.346. The van der Waals surface area contributed by atoms with E-state index >= 15 is 0 Å². The lowest BCUT2D eigenvalue weighted by Crippen LogP contribution is -2.19. The summed E-state index contributed by atoms with van der Waals surface area (Å²) in [4.78, 5) is 11.2. The number of benzene rings is 2. The third-order valence-corrected chi connectivity index (χ3v) is 5.90. The van der Waals surface area contributed by atoms with E-state index in [1.807, 2.05) is 13.8 Å². The monoisotopic (exact) mass is 584 g/mol. The molecule has 0 fully saturated rings. The van der Waals surface area contributed by atoms with Crippen molar-refractivity contribution in [1.29, 1.82) is 0 Å². The Bertz CT molecular complexity index is 1410. The molecule has 2 aromatic rings. The number of amides is 1. The van der Waals surface area contributed by atoms with E-state index in [0.29, 0.717) is 47.3 Å². The van der Waals surface area contributed by atoms with Gasteiger partial charge < -0.3 is 30.0 Å². The molecule has 0 heterocycles. The van der Waals surface area contributed by atoms with Gasteiger partial charge in [0.1, 0.15) is 0 Å². The minimum Gasteiger partial charge on any atom is -0.493 e. The summed E-state index contributed by atoms with van der Waals surface area (Å²) in [5.74, 6) is 1.75. The minimum atomic E-state index is -3.41. The van der Waals surface area contributed by atoms with E-state index < -0.39 is 19.7 Å². The summed E-state index contributed by atoms with van der Waals surface area (Å²) in [6.07, 6.45) is 2.15. The first kappa shape index (κ1) is 33.3. The molecule has 216 valence electrons. The minimum absolute atomic E-state index is 0.168. The second-order valence-corrected chi connectivity index (χ2v) is 11.8. The number of sulfone groups is 2. The van der Waals surface area contributed by atoms with Crippen molar-refractivity contribution in [3.05, 3.63) is 58.3 Å². The standard InChI is InChI=1S/C14H19NO5S.C12H17NO4S/c1-5-20-14-8-11(6-7-13(14)19-3)12(15-10(2)16)9-21(4,17)18;1-4-17-12-7-9(5-6-11(12)16-2)10(13)8-18(3,14)15/h6-9H,5H2,1-4H3,(H,15,16);5-8H,4,13H2,1-3H3. The number of hydrogen-bond donors (Lipinski definition) is 2. The Balaban J connectivity index is 0.000000395. The predicted octanol–water partition coefficient (Wildman–Crippen LogP) is 2.97. The number of carbonyl (C=O) groups is 1. The summed E-state index contributed by atoms with van der Waals surface area (Å²) in [5, 5.41) is 4.53. The van der Waals surface area contributed by atoms with Crippen LogP contribution in [-0.2, 0) is 24.5 Å². The van der Waals surface area contributed by atoms with E-state index in [2.05, 4.69) is 5.32 Å². The Morgan fingerprint density at radius 2 is 1.23 bits per heavy atom. The summed E-state index contributed by atoms with van der Waals surface area (Å²) in [6.45, 7) is 5.90. The van der Waals surface area contributed by atoms with E-state index in [9.17, 15) is 21.6 Å². The second-order valence-electron chi connectivity index (χ2n) is 8.04. The highest BCUT2D eigenvalue weighted by Gasteiger charge is 2.12. The van der Waals surface area contributed by atoms with Gasteiger partial charge in [0.2, 0.25) is 5.91 Å². The fourth-order valence-electron chi connectivity index (χ4n) is 3.11. The lowest BCUT2D eigenvalue weighted by Gasteiger charge is -2.13. The van der Waals surface area contributed by atoms with Crippen molar-refractivity contribution in [2.24, 2.45) is 5.73 Å². The molecule has 11 nitrogen and oxygen atoms in total. The van der Waals surface area contributed by atoms with Crippen LogP contribution in [0.4, 0.5) is 0 Å². The normalized spacial score (nSPS) is 12.1. The van der Waals surface area contributed by atoms with Gasteiger partial charge in [-0.05, 0) is 50.2 Å². The van der Waals surface area contributed by atoms with Crippen molar-refractivity contribution in [2.75, 3.05) is 39.9 Å². The molecular weight excluding hydrogens is 548 g/mol. The summed E-state index contributed by atoms with van der Waals surface area (Å²) >= 11 is 0. The van der Waals surface area contributed by atoms with Crippen LogP contribution in [0.2, 0.25) is 0 Å². The molecule has 0 atom stereocenters. The van der Waals surface area contributed by atoms with Crippen LogP contribution in [-0.4, -0.2) is 62.7 Å². The van der Waals surface area contributed by atoms with Gasteiger partial charge in [0, 0.05) is 30.6 Å². The highest BCUT2D eigenvalue weighted by atomic mass is 32.2. The highest BCUT2D eigenvalue weighted by Crippen LogP contribution is 2.31. The molecule has 0 saturated carbocycles. The first-order valence-electron chi connectivity index (χ1n) is 11.6. The summed E-state index contributed by atoms with van der Waals surface area (Å²) in [6, 6.07) is 9.93. The van der Waals surface area contributed by atoms with Gasteiger partial charge in [0.25, 0.3) is 0 Å². The van der Waals surface area contributed by atoms with Crippen LogP contribution in [0, 0.1) is 0 Å². The zero-order chi connectivity index (χ0) is 29.8. The maximum absolute atomic E-state index is 11.4. The molecule has 39 heavy (non-hydrogen) atoms. The van der Waals surface area contributed by atoms with Gasteiger partial charge in [0.15, 0.2) is 42.7 Å². The molecule has 2 rings (SSSR count). The van der Waals surface area contributed by atoms with Gasteiger partial charge in [-0.2, -0.15) is 0 Å². The Labute approximate surface area is 230 Å². The predicted molar refractivity (Wildman–Crippen MR) is 152 cm³/mol. The van der Waals surface area contributed by atoms with Crippen molar-refractivity contribution < 1.29 is 40.6 Å². The molecular formula is C26H36N2O9S2. The topological polar surface area (TPSA) is 160 Å². The van der Waals surface area contributed by atoms with Crippen LogP contribution in [0.25, 0.3) is 11.4 Å². The van der Waals surface area contributed by atoms with Crippen molar-refractivity contribution in [1.82, 2.24) is 5.32 Å². The van der Waals surface area contributed by atoms with Crippen LogP contribution < -0.4 is 30.0 Å². The van der Waals surface area contributed by atoms with E-state index in [1.165, 1.54) is 21.1 Å². The highest BCUT2D eigenvalue weighted by molar-refractivity contribution is 7.94. The number of methoxy groups -OCH3 is 2. The molecule has 0 aliphatic heterocycles. The van der Waals surface area contributed by atoms with E-state index in [-0.39, 0.29) is 17.3 Å². The van der Waals surface area contributed by atoms with Crippen LogP contribution in [0.3, 0.4) is 0 Å². The van der Waals surface area contributed by atoms with E-state index in [1.54, 1.807) is 36.4 Å². The third-order valence-electron chi connectivity index (χ3n) is 4.55. The van der Waals surface area contributed by atoms with Gasteiger partial charge in [-0.1, -0.05) is 0 Å². The smallest absolute Gasteiger partial charge is 0.221 e. The van der Waals surface area contributed by atoms with Crippen molar-refractivity contribution >= 4 is 37.0 Å². The Hall–Kier alpha value is -3.71. The molecule has 0 saturated heterocycles. The molecule has 3 N–H and O–H groups in total. The number of rotatable bonds is 11. The molecule has 0 aliphatic carbocycles. The molecule has 0 aliphatic rings. The average molecular weight is 585 g/mol. The molecule has 0 radical (unpaired) electrons. The second kappa shape index (κ2) is 15.0. The first-order valence-corrected chi connectivity index (χ1v) is 15.5. The third kappa shape index (κ3) is 12.1. The molecule has 0 spiro atoms. The Morgan fingerprint density at radius 3 is 1.62 bits per heavy atom. The fourth-order valence-corrected chi connectivity index (χ4v) is 4.33. The molecule has 2 aromatic carbocycles. The van der Waals surface area contributed by atoms with Crippen LogP contribution >= 0.6 is 0 Å². The summed E-state index contributed by atoms with van der Waals surface area (Å²) in [7, 11) is -3.63. The molecule has 1 amide bonds. The van der Waals surface area contributed by atoms with Crippen molar-refractivity contribution in [2.45, 2.75) is 20.8 Å². The molecule has 0 unspecified atom stereocenters. The maximum atomic E-state index is 11.4. The lowest BCUT2D eigenvalue weighted by atomic mass is 10.1. The average Bonchev–Trinajstić information content (AvgIpc) is 2.82. The maximum Gasteiger partial charge on any atom is 0.221 e. The summed E-state index contributed by atoms with van der Waals surface area (Å²) in [5.41, 5.74) is 7.17. The number of nitrogens with two attached hydrogens (primary N) is 1. The molecule has 0 bridgehead atoms. The number of ether oxygens (including phenoxy) is 4. The van der Waals surface area contributed by atoms with Gasteiger partial charge >= 0.3 is 0 Å². The van der Waals surface area contributed by atoms with Crippen LogP contribution in [0.5, 0.6) is 23.0 Å². The summed E-state index contributed by atoms with van der Waals surface area (Å²) < 4.78 is 66.3. The van der Waals surface area contributed by atoms with Gasteiger partial charge in [-0.15, -0.1) is 0 Å². The Morgan fingerprint density at radius 1 is 0.795 bits per heavy atom. The quantitative estimate of drug-likeness (QED) is 0.402. The zero-order valence-electron chi connectivity index (χ0n) is 23.1. The number of nitrogens with one attached hydrogen (secondary N) is 1. The van der Waals surface area contributed by atoms with Crippen molar-refractivity contribution in [3.8, 4) is 23.0 Å². The Kier molecular flexibility index (Phi) is 12.8. The number of hydrogen-bond acceptors (Lipinski definition) is 10. The largest absolute Gasteiger partial charge is 0.493 e. The number of carbonyl (C=O) groups excluding carboxylic acids is 1. The first-order chi connectivity index (χ1) is 18.1. The van der Waals surface area contributed by atoms with Crippen molar-refractivity contribution in [3.63, 3.8) is 0 Å². The molecule has 13 heteroatoms. The molecule has 0 aromatic heterocycles. The van der Waals surface area contributed by atoms with Crippen LogP contribution in [0.15, 0.2) is 47.2 Å². The van der Waals surface area contributed by atoms with Gasteiger partial charge in [0.05, 0.1) is 49.6 Å². The van der Waals surface area contributed by atoms with Gasteiger partial charge in [-0.25, -0.2) is 16.8 Å². The lowest BCUT2D eigenvalue weighted by molar-refractivity contribution is -0.117. The SMILES string of the molecule is CCOc1cc(C(=CS(C)(=O)=O)NC(C)=O)ccc1OC.CCOc1cc(C(N)=CS(C)(=O)=O)ccc1OC. The van der Waals surface area contributed by atoms with Crippen LogP contribution in [0.1, 0.15) is 31.9 Å².